The molecule has 0 aliphatic carbocycles. The van der Waals surface area contributed by atoms with Crippen molar-refractivity contribution in [1.82, 2.24) is 4.98 Å². The Morgan fingerprint density at radius 3 is 2.75 bits per heavy atom. The van der Waals surface area contributed by atoms with E-state index in [1.54, 1.807) is 5.38 Å². The molecule has 6 nitrogen and oxygen atoms in total. The summed E-state index contributed by atoms with van der Waals surface area (Å²) in [4.78, 5) is 26.5. The number of amides is 1. The highest BCUT2D eigenvalue weighted by molar-refractivity contribution is 7.13. The van der Waals surface area contributed by atoms with Gasteiger partial charge in [0.1, 0.15) is 0 Å². The van der Waals surface area contributed by atoms with Crippen LogP contribution in [0.4, 0.5) is 10.8 Å². The summed E-state index contributed by atoms with van der Waals surface area (Å²) in [6.45, 7) is 0. The average Bonchev–Trinajstić information content (AvgIpc) is 2.77. The molecule has 8 heteroatoms. The van der Waals surface area contributed by atoms with Gasteiger partial charge in [-0.05, 0) is 18.2 Å². The fourth-order valence-electron chi connectivity index (χ4n) is 1.51. The number of carbonyl (C=O) groups excluding carboxylic acids is 1. The van der Waals surface area contributed by atoms with Crippen LogP contribution in [-0.2, 0) is 11.2 Å². The van der Waals surface area contributed by atoms with Gasteiger partial charge < -0.3 is 16.2 Å². The highest BCUT2D eigenvalue weighted by Gasteiger charge is 2.11. The number of benzene rings is 1. The van der Waals surface area contributed by atoms with E-state index < -0.39 is 5.97 Å². The van der Waals surface area contributed by atoms with Gasteiger partial charge in [-0.2, -0.15) is 0 Å². The third kappa shape index (κ3) is 3.46. The van der Waals surface area contributed by atoms with E-state index in [4.69, 9.17) is 22.4 Å². The van der Waals surface area contributed by atoms with Crippen molar-refractivity contribution in [2.45, 2.75) is 6.42 Å². The molecule has 1 heterocycles. The fraction of sp³-hybridized carbons (Fsp3) is 0.0833. The second-order valence-electron chi connectivity index (χ2n) is 3.90. The Kier molecular flexibility index (Phi) is 4.21. The predicted molar refractivity (Wildman–Crippen MR) is 77.3 cm³/mol. The maximum atomic E-state index is 11.8. The predicted octanol–water partition coefficient (Wildman–Crippen LogP) is 2.26. The quantitative estimate of drug-likeness (QED) is 0.803. The molecular formula is C12H10ClN3O3S. The zero-order chi connectivity index (χ0) is 14.7. The highest BCUT2D eigenvalue weighted by Crippen LogP contribution is 2.23. The summed E-state index contributed by atoms with van der Waals surface area (Å²) in [6.07, 6.45) is 0.0741. The molecule has 2 aromatic rings. The van der Waals surface area contributed by atoms with Gasteiger partial charge in [0.2, 0.25) is 5.91 Å². The molecule has 0 fully saturated rings. The topological polar surface area (TPSA) is 105 Å². The SMILES string of the molecule is Nc1nc(CC(=O)Nc2ccc(C(=O)O)cc2Cl)cs1. The molecule has 0 saturated carbocycles. The first-order chi connectivity index (χ1) is 9.45. The molecule has 1 aromatic carbocycles. The maximum Gasteiger partial charge on any atom is 0.335 e. The second-order valence-corrected chi connectivity index (χ2v) is 5.20. The lowest BCUT2D eigenvalue weighted by atomic mass is 10.2. The molecule has 0 aliphatic heterocycles. The number of hydrogen-bond donors (Lipinski definition) is 3. The molecular weight excluding hydrogens is 302 g/mol. The molecule has 1 amide bonds. The first kappa shape index (κ1) is 14.3. The van der Waals surface area contributed by atoms with Crippen LogP contribution < -0.4 is 11.1 Å². The summed E-state index contributed by atoms with van der Waals surface area (Å²) in [5.41, 5.74) is 6.45. The zero-order valence-corrected chi connectivity index (χ0v) is 11.7. The molecule has 4 N–H and O–H groups in total. The van der Waals surface area contributed by atoms with Gasteiger partial charge >= 0.3 is 5.97 Å². The molecule has 2 rings (SSSR count). The second kappa shape index (κ2) is 5.89. The summed E-state index contributed by atoms with van der Waals surface area (Å²) in [6, 6.07) is 4.09. The van der Waals surface area contributed by atoms with Crippen LogP contribution in [-0.4, -0.2) is 22.0 Å². The Morgan fingerprint density at radius 2 is 2.20 bits per heavy atom. The standard InChI is InChI=1S/C12H10ClN3O3S/c13-8-3-6(11(18)19)1-2-9(8)16-10(17)4-7-5-20-12(14)15-7/h1-3,5H,4H2,(H2,14,15)(H,16,17)(H,18,19). The molecule has 0 spiro atoms. The van der Waals surface area contributed by atoms with Crippen LogP contribution in [0, 0.1) is 0 Å². The Bertz CT molecular complexity index is 672. The third-order valence-electron chi connectivity index (χ3n) is 2.40. The summed E-state index contributed by atoms with van der Waals surface area (Å²) >= 11 is 7.17. The van der Waals surface area contributed by atoms with Crippen molar-refractivity contribution in [2.75, 3.05) is 11.1 Å². The number of hydrogen-bond acceptors (Lipinski definition) is 5. The van der Waals surface area contributed by atoms with Gasteiger partial charge in [-0.25, -0.2) is 9.78 Å². The lowest BCUT2D eigenvalue weighted by molar-refractivity contribution is -0.115. The first-order valence-corrected chi connectivity index (χ1v) is 6.74. The fourth-order valence-corrected chi connectivity index (χ4v) is 2.30. The van der Waals surface area contributed by atoms with Crippen molar-refractivity contribution in [3.8, 4) is 0 Å². The number of carboxylic acids is 1. The number of nitrogens with two attached hydrogens (primary N) is 1. The number of carbonyl (C=O) groups is 2. The van der Waals surface area contributed by atoms with Gasteiger partial charge in [0.25, 0.3) is 0 Å². The molecule has 0 bridgehead atoms. The highest BCUT2D eigenvalue weighted by atomic mass is 35.5. The molecule has 0 aliphatic rings. The van der Waals surface area contributed by atoms with Crippen LogP contribution in [0.1, 0.15) is 16.1 Å². The van der Waals surface area contributed by atoms with Crippen molar-refractivity contribution in [2.24, 2.45) is 0 Å². The van der Waals surface area contributed by atoms with Gasteiger partial charge in [-0.15, -0.1) is 11.3 Å². The maximum absolute atomic E-state index is 11.8. The minimum Gasteiger partial charge on any atom is -0.478 e. The average molecular weight is 312 g/mol. The normalized spacial score (nSPS) is 10.2. The summed E-state index contributed by atoms with van der Waals surface area (Å²) in [7, 11) is 0. The van der Waals surface area contributed by atoms with Crippen LogP contribution in [0.25, 0.3) is 0 Å². The van der Waals surface area contributed by atoms with E-state index in [-0.39, 0.29) is 22.9 Å². The number of anilines is 2. The van der Waals surface area contributed by atoms with Gasteiger partial charge in [-0.1, -0.05) is 11.6 Å². The Morgan fingerprint density at radius 1 is 1.45 bits per heavy atom. The number of aromatic nitrogens is 1. The van der Waals surface area contributed by atoms with Gasteiger partial charge in [0, 0.05) is 5.38 Å². The number of halogens is 1. The van der Waals surface area contributed by atoms with Crippen LogP contribution >= 0.6 is 22.9 Å². The van der Waals surface area contributed by atoms with E-state index >= 15 is 0 Å². The van der Waals surface area contributed by atoms with Crippen molar-refractivity contribution >= 4 is 45.6 Å². The smallest absolute Gasteiger partial charge is 0.335 e. The van der Waals surface area contributed by atoms with E-state index in [0.717, 1.165) is 0 Å². The Hall–Kier alpha value is -2.12. The molecule has 0 radical (unpaired) electrons. The van der Waals surface area contributed by atoms with Crippen molar-refractivity contribution in [1.29, 1.82) is 0 Å². The molecule has 0 saturated heterocycles. The number of thiazole rings is 1. The largest absolute Gasteiger partial charge is 0.478 e. The van der Waals surface area contributed by atoms with E-state index in [0.29, 0.717) is 16.5 Å². The van der Waals surface area contributed by atoms with Crippen LogP contribution in [0.2, 0.25) is 5.02 Å². The number of rotatable bonds is 4. The lowest BCUT2D eigenvalue weighted by Gasteiger charge is -2.07. The molecule has 0 atom stereocenters. The van der Waals surface area contributed by atoms with Gasteiger partial charge in [0.15, 0.2) is 5.13 Å². The van der Waals surface area contributed by atoms with Crippen molar-refractivity contribution in [3.05, 3.63) is 39.9 Å². The van der Waals surface area contributed by atoms with Crippen LogP contribution in [0.3, 0.4) is 0 Å². The molecule has 0 unspecified atom stereocenters. The Balaban J connectivity index is 2.06. The summed E-state index contributed by atoms with van der Waals surface area (Å²) < 4.78 is 0. The van der Waals surface area contributed by atoms with Gasteiger partial charge in [-0.3, -0.25) is 4.79 Å². The first-order valence-electron chi connectivity index (χ1n) is 5.48. The number of aromatic carboxylic acids is 1. The number of nitrogens with zero attached hydrogens (tertiary/aromatic N) is 1. The van der Waals surface area contributed by atoms with Crippen molar-refractivity contribution in [3.63, 3.8) is 0 Å². The molecule has 104 valence electrons. The summed E-state index contributed by atoms with van der Waals surface area (Å²) in [5, 5.41) is 13.7. The van der Waals surface area contributed by atoms with Crippen molar-refractivity contribution < 1.29 is 14.7 Å². The lowest BCUT2D eigenvalue weighted by Crippen LogP contribution is -2.15. The number of nitrogens with one attached hydrogen (secondary N) is 1. The van der Waals surface area contributed by atoms with Crippen LogP contribution in [0.5, 0.6) is 0 Å². The van der Waals surface area contributed by atoms with Gasteiger partial charge in [0.05, 0.1) is 28.4 Å². The summed E-state index contributed by atoms with van der Waals surface area (Å²) in [5.74, 6) is -1.39. The van der Waals surface area contributed by atoms with E-state index in [9.17, 15) is 9.59 Å². The monoisotopic (exact) mass is 311 g/mol. The zero-order valence-electron chi connectivity index (χ0n) is 10.1. The Labute approximate surface area is 123 Å². The van der Waals surface area contributed by atoms with E-state index in [1.807, 2.05) is 0 Å². The third-order valence-corrected chi connectivity index (χ3v) is 3.44. The van der Waals surface area contributed by atoms with E-state index in [1.165, 1.54) is 29.5 Å². The number of carboxylic acid groups (broad SMARTS) is 1. The molecule has 20 heavy (non-hydrogen) atoms. The minimum atomic E-state index is -1.08. The molecule has 1 aromatic heterocycles. The number of nitrogen functional groups attached to an aromatic ring is 1. The van der Waals surface area contributed by atoms with Crippen LogP contribution in [0.15, 0.2) is 23.6 Å². The minimum absolute atomic E-state index is 0.0558. The van der Waals surface area contributed by atoms with E-state index in [2.05, 4.69) is 10.3 Å².